The highest BCUT2D eigenvalue weighted by Crippen LogP contribution is 2.43. The number of sulfone groups is 1. The van der Waals surface area contributed by atoms with Crippen molar-refractivity contribution >= 4 is 26.7 Å². The number of rotatable bonds is 3. The van der Waals surface area contributed by atoms with E-state index in [2.05, 4.69) is 25.5 Å². The molecule has 0 unspecified atom stereocenters. The number of hydrogen-bond acceptors (Lipinski definition) is 6. The lowest BCUT2D eigenvalue weighted by Crippen LogP contribution is -2.36. The number of aliphatic hydroxyl groups excluding tert-OH is 1. The van der Waals surface area contributed by atoms with Crippen LogP contribution in [0.4, 0.5) is 5.82 Å². The average Bonchev–Trinajstić information content (AvgIpc) is 3.30. The van der Waals surface area contributed by atoms with Crippen LogP contribution >= 0.6 is 0 Å². The molecule has 1 aromatic carbocycles. The quantitative estimate of drug-likeness (QED) is 0.710. The predicted octanol–water partition coefficient (Wildman–Crippen LogP) is 2.28. The van der Waals surface area contributed by atoms with Gasteiger partial charge in [0, 0.05) is 25.5 Å². The van der Waals surface area contributed by atoms with Crippen LogP contribution in [0.5, 0.6) is 0 Å². The standard InChI is InChI=1S/C21H24N4O3S/c1-29(27,28)16-6-7-21(22-10-16)24-11-14-8-19(20(26)9-15(14)12-24)25-13-23-17-4-2-3-5-18(17)25/h2-7,10,13-15,19-20,26H,8-9,11-12H2,1H3/t14-,15+,19-,20-/m1/s1. The van der Waals surface area contributed by atoms with Crippen molar-refractivity contribution in [2.75, 3.05) is 24.2 Å². The third-order valence-corrected chi connectivity index (χ3v) is 7.52. The summed E-state index contributed by atoms with van der Waals surface area (Å²) in [7, 11) is -3.24. The van der Waals surface area contributed by atoms with Gasteiger partial charge in [0.25, 0.3) is 0 Å². The Bertz CT molecular complexity index is 1140. The van der Waals surface area contributed by atoms with Gasteiger partial charge in [0.1, 0.15) is 5.82 Å². The zero-order valence-corrected chi connectivity index (χ0v) is 17.0. The van der Waals surface area contributed by atoms with Crippen LogP contribution in [0.3, 0.4) is 0 Å². The summed E-state index contributed by atoms with van der Waals surface area (Å²) in [6.45, 7) is 1.70. The van der Waals surface area contributed by atoms with Crippen molar-refractivity contribution in [1.82, 2.24) is 14.5 Å². The zero-order chi connectivity index (χ0) is 20.2. The highest BCUT2D eigenvalue weighted by Gasteiger charge is 2.43. The molecule has 7 nitrogen and oxygen atoms in total. The van der Waals surface area contributed by atoms with E-state index in [0.717, 1.165) is 42.8 Å². The molecule has 4 atom stereocenters. The number of nitrogens with zero attached hydrogens (tertiary/aromatic N) is 4. The number of pyridine rings is 1. The Morgan fingerprint density at radius 3 is 2.52 bits per heavy atom. The summed E-state index contributed by atoms with van der Waals surface area (Å²) >= 11 is 0. The molecule has 0 radical (unpaired) electrons. The van der Waals surface area contributed by atoms with E-state index >= 15 is 0 Å². The third kappa shape index (κ3) is 3.30. The van der Waals surface area contributed by atoms with Crippen LogP contribution in [0.25, 0.3) is 11.0 Å². The number of hydrogen-bond donors (Lipinski definition) is 1. The fourth-order valence-electron chi connectivity index (χ4n) is 4.91. The molecule has 2 aliphatic rings. The third-order valence-electron chi connectivity index (χ3n) is 6.42. The number of aliphatic hydroxyl groups is 1. The maximum absolute atomic E-state index is 11.7. The van der Waals surface area contributed by atoms with Gasteiger partial charge in [-0.15, -0.1) is 0 Å². The minimum atomic E-state index is -3.24. The Labute approximate surface area is 169 Å². The van der Waals surface area contributed by atoms with Crippen LogP contribution < -0.4 is 4.90 Å². The topological polar surface area (TPSA) is 88.3 Å². The highest BCUT2D eigenvalue weighted by molar-refractivity contribution is 7.90. The normalized spacial score (nSPS) is 27.3. The molecule has 2 fully saturated rings. The minimum absolute atomic E-state index is 0.0177. The second kappa shape index (κ2) is 6.81. The van der Waals surface area contributed by atoms with E-state index in [9.17, 15) is 13.5 Å². The highest BCUT2D eigenvalue weighted by atomic mass is 32.2. The maximum atomic E-state index is 11.7. The van der Waals surface area contributed by atoms with E-state index in [-0.39, 0.29) is 10.9 Å². The molecule has 1 aliphatic carbocycles. The second-order valence-corrected chi connectivity index (χ2v) is 10.3. The van der Waals surface area contributed by atoms with E-state index in [0.29, 0.717) is 11.8 Å². The van der Waals surface area contributed by atoms with Gasteiger partial charge in [-0.2, -0.15) is 0 Å². The van der Waals surface area contributed by atoms with Crippen LogP contribution in [-0.2, 0) is 9.84 Å². The van der Waals surface area contributed by atoms with Crippen LogP contribution in [0.1, 0.15) is 18.9 Å². The molecular weight excluding hydrogens is 388 g/mol. The summed E-state index contributed by atoms with van der Waals surface area (Å²) in [5.41, 5.74) is 2.01. The first-order valence-corrected chi connectivity index (χ1v) is 11.8. The summed E-state index contributed by atoms with van der Waals surface area (Å²) in [5, 5.41) is 10.9. The van der Waals surface area contributed by atoms with Crippen LogP contribution in [0, 0.1) is 11.8 Å². The molecule has 5 rings (SSSR count). The first-order chi connectivity index (χ1) is 13.9. The van der Waals surface area contributed by atoms with Gasteiger partial charge in [-0.25, -0.2) is 18.4 Å². The maximum Gasteiger partial charge on any atom is 0.177 e. The van der Waals surface area contributed by atoms with Crippen molar-refractivity contribution < 1.29 is 13.5 Å². The molecule has 0 spiro atoms. The van der Waals surface area contributed by atoms with Gasteiger partial charge in [0.15, 0.2) is 9.84 Å². The van der Waals surface area contributed by atoms with Crippen molar-refractivity contribution in [1.29, 1.82) is 0 Å². The van der Waals surface area contributed by atoms with Crippen molar-refractivity contribution in [3.63, 3.8) is 0 Å². The average molecular weight is 413 g/mol. The van der Waals surface area contributed by atoms with Gasteiger partial charge < -0.3 is 14.6 Å². The number of para-hydroxylation sites is 2. The zero-order valence-electron chi connectivity index (χ0n) is 16.2. The molecule has 1 aliphatic heterocycles. The first-order valence-electron chi connectivity index (χ1n) is 9.91. The summed E-state index contributed by atoms with van der Waals surface area (Å²) in [6.07, 6.45) is 5.70. The largest absolute Gasteiger partial charge is 0.391 e. The molecular formula is C21H24N4O3S. The summed E-state index contributed by atoms with van der Waals surface area (Å²) in [4.78, 5) is 11.3. The fourth-order valence-corrected chi connectivity index (χ4v) is 5.47. The molecule has 1 saturated heterocycles. The molecule has 1 saturated carbocycles. The van der Waals surface area contributed by atoms with Crippen LogP contribution in [-0.4, -0.2) is 53.5 Å². The summed E-state index contributed by atoms with van der Waals surface area (Å²) in [5.74, 6) is 1.67. The Balaban J connectivity index is 1.36. The van der Waals surface area contributed by atoms with Crippen molar-refractivity contribution in [2.24, 2.45) is 11.8 Å². The Morgan fingerprint density at radius 1 is 1.03 bits per heavy atom. The number of aromatic nitrogens is 3. The monoisotopic (exact) mass is 412 g/mol. The lowest BCUT2D eigenvalue weighted by Gasteiger charge is -2.36. The van der Waals surface area contributed by atoms with E-state index in [1.165, 1.54) is 12.5 Å². The minimum Gasteiger partial charge on any atom is -0.391 e. The Morgan fingerprint density at radius 2 is 1.79 bits per heavy atom. The lowest BCUT2D eigenvalue weighted by atomic mass is 9.77. The van der Waals surface area contributed by atoms with Crippen molar-refractivity contribution in [3.8, 4) is 0 Å². The van der Waals surface area contributed by atoms with Crippen LogP contribution in [0.15, 0.2) is 53.8 Å². The molecule has 29 heavy (non-hydrogen) atoms. The number of anilines is 1. The molecule has 0 amide bonds. The van der Waals surface area contributed by atoms with E-state index < -0.39 is 15.9 Å². The predicted molar refractivity (Wildman–Crippen MR) is 111 cm³/mol. The van der Waals surface area contributed by atoms with Gasteiger partial charge in [-0.3, -0.25) is 0 Å². The van der Waals surface area contributed by atoms with Gasteiger partial charge >= 0.3 is 0 Å². The fraction of sp³-hybridized carbons (Fsp3) is 0.429. The molecule has 8 heteroatoms. The molecule has 0 bridgehead atoms. The van der Waals surface area contributed by atoms with Crippen molar-refractivity contribution in [2.45, 2.75) is 29.9 Å². The van der Waals surface area contributed by atoms with Gasteiger partial charge in [0.2, 0.25) is 0 Å². The van der Waals surface area contributed by atoms with Crippen molar-refractivity contribution in [3.05, 3.63) is 48.9 Å². The lowest BCUT2D eigenvalue weighted by molar-refractivity contribution is 0.0375. The van der Waals surface area contributed by atoms with E-state index in [1.54, 1.807) is 12.1 Å². The Kier molecular flexibility index (Phi) is 4.36. The SMILES string of the molecule is CS(=O)(=O)c1ccc(N2C[C@H]3C[C@@H](n4cnc5ccccc54)[C@H](O)C[C@H]3C2)nc1. The Hall–Kier alpha value is -2.45. The molecule has 3 aromatic rings. The number of fused-ring (bicyclic) bond motifs is 2. The molecule has 3 heterocycles. The summed E-state index contributed by atoms with van der Waals surface area (Å²) < 4.78 is 25.4. The second-order valence-electron chi connectivity index (χ2n) is 8.30. The molecule has 1 N–H and O–H groups in total. The molecule has 152 valence electrons. The first kappa shape index (κ1) is 18.6. The van der Waals surface area contributed by atoms with Gasteiger partial charge in [0.05, 0.1) is 34.4 Å². The van der Waals surface area contributed by atoms with Crippen LogP contribution in [0.2, 0.25) is 0 Å². The smallest absolute Gasteiger partial charge is 0.177 e. The number of benzene rings is 1. The summed E-state index contributed by atoms with van der Waals surface area (Å²) in [6, 6.07) is 11.4. The van der Waals surface area contributed by atoms with Gasteiger partial charge in [-0.05, 0) is 48.9 Å². The number of imidazole rings is 1. The van der Waals surface area contributed by atoms with E-state index in [1.807, 2.05) is 24.5 Å². The van der Waals surface area contributed by atoms with E-state index in [4.69, 9.17) is 0 Å². The molecule has 2 aromatic heterocycles. The van der Waals surface area contributed by atoms with Gasteiger partial charge in [-0.1, -0.05) is 12.1 Å².